The van der Waals surface area contributed by atoms with Crippen LogP contribution in [0.15, 0.2) is 46.3 Å². The Hall–Kier alpha value is -3.15. The highest BCUT2D eigenvalue weighted by Crippen LogP contribution is 2.35. The Morgan fingerprint density at radius 2 is 2.00 bits per heavy atom. The van der Waals surface area contributed by atoms with Crippen LogP contribution in [0, 0.1) is 11.3 Å². The van der Waals surface area contributed by atoms with E-state index in [9.17, 15) is 4.79 Å². The largest absolute Gasteiger partial charge is 0.494 e. The second-order valence-corrected chi connectivity index (χ2v) is 7.35. The summed E-state index contributed by atoms with van der Waals surface area (Å²) in [5.41, 5.74) is 1.27. The minimum atomic E-state index is -0.262. The third kappa shape index (κ3) is 5.26. The summed E-state index contributed by atoms with van der Waals surface area (Å²) < 4.78 is 16.2. The fourth-order valence-electron chi connectivity index (χ4n) is 2.60. The Balaban J connectivity index is 1.85. The lowest BCUT2D eigenvalue weighted by atomic mass is 10.2. The van der Waals surface area contributed by atoms with Crippen molar-refractivity contribution in [3.63, 3.8) is 0 Å². The molecule has 1 aliphatic heterocycles. The van der Waals surface area contributed by atoms with Gasteiger partial charge in [0.05, 0.1) is 18.6 Å². The summed E-state index contributed by atoms with van der Waals surface area (Å²) in [6, 6.07) is 12.3. The molecule has 154 valence electrons. The predicted octanol–water partition coefficient (Wildman–Crippen LogP) is 4.54. The van der Waals surface area contributed by atoms with E-state index in [1.807, 2.05) is 13.0 Å². The van der Waals surface area contributed by atoms with Crippen molar-refractivity contribution in [3.8, 4) is 23.3 Å². The highest BCUT2D eigenvalue weighted by Gasteiger charge is 2.24. The summed E-state index contributed by atoms with van der Waals surface area (Å²) in [5, 5.41) is 12.4. The molecule has 0 aromatic heterocycles. The van der Waals surface area contributed by atoms with Crippen LogP contribution in [0.1, 0.15) is 12.5 Å². The number of carbonyl (C=O) groups is 1. The number of amidine groups is 1. The van der Waals surface area contributed by atoms with Gasteiger partial charge in [-0.15, -0.1) is 0 Å². The lowest BCUT2D eigenvalue weighted by Crippen LogP contribution is -2.19. The zero-order valence-electron chi connectivity index (χ0n) is 16.3. The number of ether oxygens (including phenoxy) is 3. The Morgan fingerprint density at radius 3 is 2.73 bits per heavy atom. The van der Waals surface area contributed by atoms with Gasteiger partial charge in [-0.3, -0.25) is 4.79 Å². The molecule has 1 N–H and O–H groups in total. The second kappa shape index (κ2) is 10.1. The number of halogens is 1. The first kappa shape index (κ1) is 21.6. The van der Waals surface area contributed by atoms with E-state index in [0.29, 0.717) is 44.6 Å². The van der Waals surface area contributed by atoms with E-state index in [2.05, 4.69) is 10.3 Å². The number of methoxy groups -OCH3 is 1. The molecule has 1 heterocycles. The summed E-state index contributed by atoms with van der Waals surface area (Å²) in [5.74, 6) is 1.26. The summed E-state index contributed by atoms with van der Waals surface area (Å²) in [7, 11) is 1.54. The smallest absolute Gasteiger partial charge is 0.264 e. The molecule has 1 aliphatic rings. The number of hydrogen-bond acceptors (Lipinski definition) is 7. The zero-order chi connectivity index (χ0) is 21.5. The first-order chi connectivity index (χ1) is 14.5. The third-order valence-electron chi connectivity index (χ3n) is 3.87. The average Bonchev–Trinajstić information content (AvgIpc) is 3.06. The van der Waals surface area contributed by atoms with E-state index in [1.165, 1.54) is 11.8 Å². The number of thioether (sulfide) groups is 1. The number of nitrogens with one attached hydrogen (secondary N) is 1. The van der Waals surface area contributed by atoms with Gasteiger partial charge in [-0.2, -0.15) is 5.26 Å². The van der Waals surface area contributed by atoms with Gasteiger partial charge >= 0.3 is 0 Å². The first-order valence-electron chi connectivity index (χ1n) is 8.93. The fourth-order valence-corrected chi connectivity index (χ4v) is 3.60. The number of carbonyl (C=O) groups excluding carboxylic acids is 1. The Bertz CT molecular complexity index is 1060. The summed E-state index contributed by atoms with van der Waals surface area (Å²) in [4.78, 5) is 17.3. The van der Waals surface area contributed by atoms with Gasteiger partial charge < -0.3 is 19.5 Å². The number of rotatable bonds is 7. The number of nitriles is 1. The predicted molar refractivity (Wildman–Crippen MR) is 118 cm³/mol. The van der Waals surface area contributed by atoms with Crippen LogP contribution in [-0.2, 0) is 4.79 Å². The van der Waals surface area contributed by atoms with E-state index in [1.54, 1.807) is 49.6 Å². The fraction of sp³-hybridized carbons (Fsp3) is 0.190. The van der Waals surface area contributed by atoms with Gasteiger partial charge in [-0.25, -0.2) is 4.99 Å². The first-order valence-corrected chi connectivity index (χ1v) is 10.1. The number of benzene rings is 2. The van der Waals surface area contributed by atoms with E-state index in [4.69, 9.17) is 31.1 Å². The molecule has 0 radical (unpaired) electrons. The van der Waals surface area contributed by atoms with E-state index < -0.39 is 0 Å². The lowest BCUT2D eigenvalue weighted by molar-refractivity contribution is -0.115. The minimum Gasteiger partial charge on any atom is -0.494 e. The SMILES string of the molecule is CCOc1cc(/C=C2\SC(=Nc3cc(Cl)ccc3OC)NC2=O)ccc1OCC#N. The van der Waals surface area contributed by atoms with Gasteiger partial charge in [-0.1, -0.05) is 17.7 Å². The van der Waals surface area contributed by atoms with Crippen molar-refractivity contribution in [2.24, 2.45) is 4.99 Å². The van der Waals surface area contributed by atoms with Gasteiger partial charge in [0.25, 0.3) is 5.91 Å². The monoisotopic (exact) mass is 443 g/mol. The second-order valence-electron chi connectivity index (χ2n) is 5.88. The molecule has 0 spiro atoms. The topological polar surface area (TPSA) is 92.9 Å². The molecule has 3 rings (SSSR count). The highest BCUT2D eigenvalue weighted by molar-refractivity contribution is 8.18. The average molecular weight is 444 g/mol. The highest BCUT2D eigenvalue weighted by atomic mass is 35.5. The van der Waals surface area contributed by atoms with Gasteiger partial charge in [-0.05, 0) is 60.7 Å². The molecular weight excluding hydrogens is 426 g/mol. The molecule has 9 heteroatoms. The van der Waals surface area contributed by atoms with Crippen molar-refractivity contribution >= 4 is 46.2 Å². The maximum Gasteiger partial charge on any atom is 0.264 e. The van der Waals surface area contributed by atoms with Crippen LogP contribution in [0.2, 0.25) is 5.02 Å². The van der Waals surface area contributed by atoms with Crippen LogP contribution in [0.3, 0.4) is 0 Å². The Kier molecular flexibility index (Phi) is 7.22. The minimum absolute atomic E-state index is 0.0778. The summed E-state index contributed by atoms with van der Waals surface area (Å²) in [6.45, 7) is 2.22. The lowest BCUT2D eigenvalue weighted by Gasteiger charge is -2.10. The van der Waals surface area contributed by atoms with E-state index in [0.717, 1.165) is 5.56 Å². The van der Waals surface area contributed by atoms with Crippen LogP contribution < -0.4 is 19.5 Å². The number of nitrogens with zero attached hydrogens (tertiary/aromatic N) is 2. The van der Waals surface area contributed by atoms with Crippen LogP contribution in [-0.4, -0.2) is 31.4 Å². The number of amides is 1. The molecule has 0 aliphatic carbocycles. The molecule has 0 bridgehead atoms. The molecule has 1 fully saturated rings. The zero-order valence-corrected chi connectivity index (χ0v) is 17.8. The van der Waals surface area contributed by atoms with Crippen LogP contribution in [0.25, 0.3) is 6.08 Å². The summed E-state index contributed by atoms with van der Waals surface area (Å²) >= 11 is 7.25. The van der Waals surface area contributed by atoms with Gasteiger partial charge in [0.15, 0.2) is 23.3 Å². The molecule has 1 saturated heterocycles. The van der Waals surface area contributed by atoms with Crippen LogP contribution in [0.4, 0.5) is 5.69 Å². The summed E-state index contributed by atoms with van der Waals surface area (Å²) in [6.07, 6.45) is 1.73. The molecule has 1 amide bonds. The van der Waals surface area contributed by atoms with Crippen molar-refractivity contribution in [3.05, 3.63) is 51.9 Å². The number of hydrogen-bond donors (Lipinski definition) is 1. The maximum absolute atomic E-state index is 12.4. The standard InChI is InChI=1S/C21H18ClN3O4S/c1-3-28-18-10-13(4-6-17(18)29-9-8-23)11-19-20(26)25-21(30-19)24-15-12-14(22)5-7-16(15)27-2/h4-7,10-12H,3,9H2,1-2H3,(H,24,25,26)/b19-11-. The van der Waals surface area contributed by atoms with Crippen molar-refractivity contribution in [2.45, 2.75) is 6.92 Å². The van der Waals surface area contributed by atoms with Crippen molar-refractivity contribution in [1.29, 1.82) is 5.26 Å². The van der Waals surface area contributed by atoms with Crippen molar-refractivity contribution < 1.29 is 19.0 Å². The van der Waals surface area contributed by atoms with Crippen LogP contribution >= 0.6 is 23.4 Å². The van der Waals surface area contributed by atoms with Crippen LogP contribution in [0.5, 0.6) is 17.2 Å². The van der Waals surface area contributed by atoms with Gasteiger partial charge in [0, 0.05) is 5.02 Å². The third-order valence-corrected chi connectivity index (χ3v) is 5.02. The molecule has 0 unspecified atom stereocenters. The number of aliphatic imine (C=N–C) groups is 1. The molecule has 2 aromatic rings. The van der Waals surface area contributed by atoms with Gasteiger partial charge in [0.2, 0.25) is 0 Å². The molecule has 0 saturated carbocycles. The van der Waals surface area contributed by atoms with E-state index >= 15 is 0 Å². The van der Waals surface area contributed by atoms with Crippen molar-refractivity contribution in [1.82, 2.24) is 5.32 Å². The molecule has 0 atom stereocenters. The van der Waals surface area contributed by atoms with Crippen molar-refractivity contribution in [2.75, 3.05) is 20.3 Å². The maximum atomic E-state index is 12.4. The van der Waals surface area contributed by atoms with E-state index in [-0.39, 0.29) is 12.5 Å². The Morgan fingerprint density at radius 1 is 1.20 bits per heavy atom. The molecule has 2 aromatic carbocycles. The quantitative estimate of drug-likeness (QED) is 0.631. The molecule has 30 heavy (non-hydrogen) atoms. The molecule has 7 nitrogen and oxygen atoms in total. The molecular formula is C21H18ClN3O4S. The normalized spacial score (nSPS) is 15.7. The Labute approximate surface area is 183 Å². The van der Waals surface area contributed by atoms with Gasteiger partial charge in [0.1, 0.15) is 17.5 Å².